The van der Waals surface area contributed by atoms with Crippen molar-refractivity contribution in [3.8, 4) is 0 Å². The van der Waals surface area contributed by atoms with Gasteiger partial charge in [0.1, 0.15) is 5.82 Å². The Bertz CT molecular complexity index is 419. The molecule has 1 aliphatic heterocycles. The molecule has 124 valence electrons. The average Bonchev–Trinajstić information content (AvgIpc) is 2.53. The van der Waals surface area contributed by atoms with E-state index in [0.29, 0.717) is 13.2 Å². The molecule has 1 N–H and O–H groups in total. The molecule has 0 unspecified atom stereocenters. The number of nitrogens with zero attached hydrogens (tertiary/aromatic N) is 2. The molecule has 5 heteroatoms. The molecule has 0 aromatic heterocycles. The Balaban J connectivity index is 1.67. The molecule has 22 heavy (non-hydrogen) atoms. The van der Waals surface area contributed by atoms with Crippen LogP contribution in [0, 0.1) is 5.82 Å². The van der Waals surface area contributed by atoms with Gasteiger partial charge < -0.3 is 14.7 Å². The Hall–Kier alpha value is -1.17. The largest absolute Gasteiger partial charge is 0.389 e. The van der Waals surface area contributed by atoms with Gasteiger partial charge in [-0.15, -0.1) is 0 Å². The number of rotatable bonds is 8. The van der Waals surface area contributed by atoms with Gasteiger partial charge in [0.2, 0.25) is 0 Å². The van der Waals surface area contributed by atoms with Crippen LogP contribution >= 0.6 is 0 Å². The first-order valence-electron chi connectivity index (χ1n) is 8.17. The highest BCUT2D eigenvalue weighted by molar-refractivity contribution is 5.46. The summed E-state index contributed by atoms with van der Waals surface area (Å²) in [5.74, 6) is -0.200. The maximum absolute atomic E-state index is 12.9. The summed E-state index contributed by atoms with van der Waals surface area (Å²) >= 11 is 0. The molecule has 1 atom stereocenters. The first kappa shape index (κ1) is 17.2. The second-order valence-electron chi connectivity index (χ2n) is 5.85. The summed E-state index contributed by atoms with van der Waals surface area (Å²) in [6, 6.07) is 6.64. The highest BCUT2D eigenvalue weighted by Gasteiger charge is 2.19. The maximum Gasteiger partial charge on any atom is 0.123 e. The van der Waals surface area contributed by atoms with Crippen LogP contribution in [0.4, 0.5) is 10.1 Å². The Morgan fingerprint density at radius 1 is 1.18 bits per heavy atom. The average molecular weight is 310 g/mol. The third-order valence-electron chi connectivity index (χ3n) is 3.99. The molecule has 1 saturated heterocycles. The Morgan fingerprint density at radius 3 is 2.50 bits per heavy atom. The van der Waals surface area contributed by atoms with Crippen molar-refractivity contribution in [2.75, 3.05) is 50.8 Å². The van der Waals surface area contributed by atoms with Crippen molar-refractivity contribution in [1.82, 2.24) is 4.90 Å². The summed E-state index contributed by atoms with van der Waals surface area (Å²) < 4.78 is 18.4. The number of piperazine rings is 1. The molecule has 0 saturated carbocycles. The van der Waals surface area contributed by atoms with Crippen molar-refractivity contribution in [3.63, 3.8) is 0 Å². The molecular weight excluding hydrogens is 283 g/mol. The van der Waals surface area contributed by atoms with E-state index >= 15 is 0 Å². The van der Waals surface area contributed by atoms with Crippen molar-refractivity contribution >= 4 is 5.69 Å². The van der Waals surface area contributed by atoms with Gasteiger partial charge in [0.15, 0.2) is 0 Å². The van der Waals surface area contributed by atoms with Gasteiger partial charge in [-0.05, 0) is 30.7 Å². The van der Waals surface area contributed by atoms with E-state index < -0.39 is 6.10 Å². The summed E-state index contributed by atoms with van der Waals surface area (Å²) in [7, 11) is 0. The van der Waals surface area contributed by atoms with E-state index in [-0.39, 0.29) is 5.82 Å². The highest BCUT2D eigenvalue weighted by Crippen LogP contribution is 2.16. The second-order valence-corrected chi connectivity index (χ2v) is 5.85. The number of hydrogen-bond donors (Lipinski definition) is 1. The van der Waals surface area contributed by atoms with Crippen LogP contribution in [0.15, 0.2) is 24.3 Å². The fraction of sp³-hybridized carbons (Fsp3) is 0.647. The smallest absolute Gasteiger partial charge is 0.123 e. The lowest BCUT2D eigenvalue weighted by Gasteiger charge is -2.36. The fourth-order valence-corrected chi connectivity index (χ4v) is 2.66. The van der Waals surface area contributed by atoms with Gasteiger partial charge in [-0.3, -0.25) is 4.90 Å². The van der Waals surface area contributed by atoms with E-state index in [9.17, 15) is 9.50 Å². The second kappa shape index (κ2) is 9.08. The summed E-state index contributed by atoms with van der Waals surface area (Å²) in [5, 5.41) is 9.99. The topological polar surface area (TPSA) is 35.9 Å². The van der Waals surface area contributed by atoms with Crippen LogP contribution in [-0.2, 0) is 4.74 Å². The minimum absolute atomic E-state index is 0.200. The Kier molecular flexibility index (Phi) is 7.09. The number of ether oxygens (including phenoxy) is 1. The molecule has 4 nitrogen and oxygen atoms in total. The number of β-amino-alcohol motifs (C(OH)–C–C–N with tert-alkyl or cyclic N) is 1. The van der Waals surface area contributed by atoms with E-state index in [1.807, 2.05) is 12.1 Å². The molecule has 1 fully saturated rings. The van der Waals surface area contributed by atoms with Crippen LogP contribution in [0.3, 0.4) is 0 Å². The Labute approximate surface area is 132 Å². The molecule has 1 aromatic rings. The lowest BCUT2D eigenvalue weighted by atomic mass is 10.2. The zero-order chi connectivity index (χ0) is 15.8. The molecule has 0 spiro atoms. The van der Waals surface area contributed by atoms with Crippen LogP contribution in [-0.4, -0.2) is 62.0 Å². The SMILES string of the molecule is CCCCOC[C@H](O)CN1CCN(c2ccc(F)cc2)CC1. The summed E-state index contributed by atoms with van der Waals surface area (Å²) in [5.41, 5.74) is 1.06. The Morgan fingerprint density at radius 2 is 1.86 bits per heavy atom. The molecule has 1 aliphatic rings. The van der Waals surface area contributed by atoms with Crippen LogP contribution in [0.1, 0.15) is 19.8 Å². The van der Waals surface area contributed by atoms with E-state index in [4.69, 9.17) is 4.74 Å². The zero-order valence-corrected chi connectivity index (χ0v) is 13.4. The van der Waals surface area contributed by atoms with Crippen molar-refractivity contribution in [2.45, 2.75) is 25.9 Å². The van der Waals surface area contributed by atoms with Crippen molar-refractivity contribution in [2.24, 2.45) is 0 Å². The standard InChI is InChI=1S/C17H27FN2O2/c1-2-3-12-22-14-17(21)13-19-8-10-20(11-9-19)16-6-4-15(18)5-7-16/h4-7,17,21H,2-3,8-14H2,1H3/t17-/m1/s1. The van der Waals surface area contributed by atoms with E-state index in [1.54, 1.807) is 0 Å². The number of anilines is 1. The van der Waals surface area contributed by atoms with Gasteiger partial charge in [-0.1, -0.05) is 13.3 Å². The third kappa shape index (κ3) is 5.55. The first-order valence-corrected chi connectivity index (χ1v) is 8.17. The highest BCUT2D eigenvalue weighted by atomic mass is 19.1. The molecule has 0 aliphatic carbocycles. The minimum atomic E-state index is -0.422. The molecule has 2 rings (SSSR count). The van der Waals surface area contributed by atoms with Crippen LogP contribution < -0.4 is 4.90 Å². The quantitative estimate of drug-likeness (QED) is 0.746. The van der Waals surface area contributed by atoms with Crippen LogP contribution in [0.5, 0.6) is 0 Å². The van der Waals surface area contributed by atoms with Crippen molar-refractivity contribution < 1.29 is 14.2 Å². The van der Waals surface area contributed by atoms with E-state index in [2.05, 4.69) is 16.7 Å². The molecule has 0 radical (unpaired) electrons. The summed E-state index contributed by atoms with van der Waals surface area (Å²) in [6.45, 7) is 7.53. The summed E-state index contributed by atoms with van der Waals surface area (Å²) in [4.78, 5) is 4.51. The van der Waals surface area contributed by atoms with E-state index in [0.717, 1.165) is 51.3 Å². The predicted molar refractivity (Wildman–Crippen MR) is 86.8 cm³/mol. The number of hydrogen-bond acceptors (Lipinski definition) is 4. The lowest BCUT2D eigenvalue weighted by Crippen LogP contribution is -2.49. The predicted octanol–water partition coefficient (Wildman–Crippen LogP) is 2.13. The van der Waals surface area contributed by atoms with Crippen molar-refractivity contribution in [3.05, 3.63) is 30.1 Å². The molecule has 0 bridgehead atoms. The number of aliphatic hydroxyl groups excluding tert-OH is 1. The number of aliphatic hydroxyl groups is 1. The molecule has 0 amide bonds. The van der Waals surface area contributed by atoms with Gasteiger partial charge in [-0.2, -0.15) is 0 Å². The number of benzene rings is 1. The van der Waals surface area contributed by atoms with E-state index in [1.165, 1.54) is 12.1 Å². The molecule has 1 heterocycles. The normalized spacial score (nSPS) is 17.7. The molecule has 1 aromatic carbocycles. The van der Waals surface area contributed by atoms with Gasteiger partial charge >= 0.3 is 0 Å². The van der Waals surface area contributed by atoms with Crippen LogP contribution in [0.25, 0.3) is 0 Å². The monoisotopic (exact) mass is 310 g/mol. The third-order valence-corrected chi connectivity index (χ3v) is 3.99. The van der Waals surface area contributed by atoms with Crippen LogP contribution in [0.2, 0.25) is 0 Å². The number of halogens is 1. The van der Waals surface area contributed by atoms with Gasteiger partial charge in [0.05, 0.1) is 12.7 Å². The summed E-state index contributed by atoms with van der Waals surface area (Å²) in [6.07, 6.45) is 1.74. The zero-order valence-electron chi connectivity index (χ0n) is 13.4. The van der Waals surface area contributed by atoms with Gasteiger partial charge in [0.25, 0.3) is 0 Å². The lowest BCUT2D eigenvalue weighted by molar-refractivity contribution is 0.0150. The minimum Gasteiger partial charge on any atom is -0.389 e. The molecular formula is C17H27FN2O2. The number of unbranched alkanes of at least 4 members (excludes halogenated alkanes) is 1. The van der Waals surface area contributed by atoms with Gasteiger partial charge in [-0.25, -0.2) is 4.39 Å². The van der Waals surface area contributed by atoms with Gasteiger partial charge in [0, 0.05) is 45.0 Å². The fourth-order valence-electron chi connectivity index (χ4n) is 2.66. The maximum atomic E-state index is 12.9. The van der Waals surface area contributed by atoms with Crippen molar-refractivity contribution in [1.29, 1.82) is 0 Å². The first-order chi connectivity index (χ1) is 10.7.